The number of aromatic amines is 1. The van der Waals surface area contributed by atoms with Crippen molar-refractivity contribution in [3.05, 3.63) is 83.8 Å². The summed E-state index contributed by atoms with van der Waals surface area (Å²) in [5, 5.41) is 7.84. The number of benzene rings is 3. The van der Waals surface area contributed by atoms with E-state index in [2.05, 4.69) is 35.4 Å². The molecule has 3 heterocycles. The Morgan fingerprint density at radius 1 is 0.790 bits per heavy atom. The molecule has 7 rings (SSSR count). The number of hydrogen-bond acceptors (Lipinski definition) is 8. The molecule has 14 nitrogen and oxygen atoms in total. The predicted octanol–water partition coefficient (Wildman–Crippen LogP) is 7.17. The Kier molecular flexibility index (Phi) is 12.4. The molecule has 2 aliphatic heterocycles. The van der Waals surface area contributed by atoms with E-state index in [-0.39, 0.29) is 41.6 Å². The van der Waals surface area contributed by atoms with Crippen LogP contribution in [0, 0.1) is 11.8 Å². The first-order chi connectivity index (χ1) is 29.5. The average molecular weight is 858 g/mol. The zero-order chi connectivity index (χ0) is 44.6. The summed E-state index contributed by atoms with van der Waals surface area (Å²) >= 11 is 0. The molecule has 3 aromatic carbocycles. The second kappa shape index (κ2) is 17.5. The van der Waals surface area contributed by atoms with Gasteiger partial charge in [0, 0.05) is 29.8 Å². The predicted molar refractivity (Wildman–Crippen MR) is 224 cm³/mol. The number of alkyl halides is 3. The number of aromatic nitrogens is 2. The number of carbonyl (C=O) groups is 5. The number of fused-ring (bicyclic) bond motifs is 3. The molecule has 2 saturated heterocycles. The van der Waals surface area contributed by atoms with E-state index in [1.54, 1.807) is 70.3 Å². The van der Waals surface area contributed by atoms with Gasteiger partial charge in [0.1, 0.15) is 30.1 Å². The second-order valence-corrected chi connectivity index (χ2v) is 16.6. The molecule has 0 unspecified atom stereocenters. The molecule has 2 fully saturated rings. The summed E-state index contributed by atoms with van der Waals surface area (Å²) in [6.45, 7) is 7.24. The molecule has 1 aromatic heterocycles. The van der Waals surface area contributed by atoms with Crippen molar-refractivity contribution < 1.29 is 46.6 Å². The van der Waals surface area contributed by atoms with Crippen molar-refractivity contribution in [1.29, 1.82) is 0 Å². The van der Waals surface area contributed by atoms with Crippen molar-refractivity contribution in [3.63, 3.8) is 0 Å². The third-order valence-electron chi connectivity index (χ3n) is 11.9. The Hall–Kier alpha value is -6.39. The van der Waals surface area contributed by atoms with Crippen LogP contribution in [0.3, 0.4) is 0 Å². The molecule has 3 aliphatic rings. The second-order valence-electron chi connectivity index (χ2n) is 16.6. The van der Waals surface area contributed by atoms with Gasteiger partial charge in [-0.15, -0.1) is 0 Å². The van der Waals surface area contributed by atoms with E-state index in [1.165, 1.54) is 36.2 Å². The molecular weight excluding hydrogens is 808 g/mol. The third kappa shape index (κ3) is 8.44. The minimum absolute atomic E-state index is 0.0305. The number of halogens is 3. The molecule has 1 aliphatic carbocycles. The van der Waals surface area contributed by atoms with Crippen LogP contribution in [0.4, 0.5) is 28.4 Å². The van der Waals surface area contributed by atoms with Crippen LogP contribution < -0.4 is 16.0 Å². The maximum Gasteiger partial charge on any atom is 0.407 e. The molecule has 0 spiro atoms. The molecule has 4 aromatic rings. The van der Waals surface area contributed by atoms with Gasteiger partial charge >= 0.3 is 12.2 Å². The van der Waals surface area contributed by atoms with Gasteiger partial charge < -0.3 is 40.2 Å². The highest BCUT2D eigenvalue weighted by Crippen LogP contribution is 2.52. The summed E-state index contributed by atoms with van der Waals surface area (Å²) in [6.07, 6.45) is -0.258. The van der Waals surface area contributed by atoms with Crippen molar-refractivity contribution in [2.75, 3.05) is 32.6 Å². The highest BCUT2D eigenvalue weighted by atomic mass is 19.3. The van der Waals surface area contributed by atoms with E-state index in [0.29, 0.717) is 53.2 Å². The molecular formula is C45H50F3N7O7. The largest absolute Gasteiger partial charge is 0.453 e. The number of H-pyrrole nitrogens is 1. The van der Waals surface area contributed by atoms with Crippen LogP contribution in [-0.2, 0) is 29.8 Å². The number of nitrogens with zero attached hydrogens (tertiary/aromatic N) is 3. The monoisotopic (exact) mass is 857 g/mol. The molecule has 328 valence electrons. The van der Waals surface area contributed by atoms with Crippen LogP contribution in [-0.4, -0.2) is 101 Å². The molecule has 17 heteroatoms. The Bertz CT molecular complexity index is 2370. The first kappa shape index (κ1) is 43.7. The van der Waals surface area contributed by atoms with E-state index in [4.69, 9.17) is 0 Å². The van der Waals surface area contributed by atoms with Gasteiger partial charge in [-0.2, -0.15) is 8.78 Å². The lowest BCUT2D eigenvalue weighted by molar-refractivity contribution is -0.139. The number of alkyl carbamates (subject to hydrolysis) is 2. The number of anilines is 1. The molecule has 5 amide bonds. The van der Waals surface area contributed by atoms with Gasteiger partial charge in [0.15, 0.2) is 0 Å². The van der Waals surface area contributed by atoms with Crippen molar-refractivity contribution in [2.24, 2.45) is 11.8 Å². The van der Waals surface area contributed by atoms with Crippen molar-refractivity contribution in [1.82, 2.24) is 30.4 Å². The number of imidazole rings is 1. The fraction of sp³-hybridized carbons (Fsp3) is 0.422. The van der Waals surface area contributed by atoms with E-state index in [9.17, 15) is 28.4 Å². The molecule has 62 heavy (non-hydrogen) atoms. The fourth-order valence-corrected chi connectivity index (χ4v) is 8.55. The summed E-state index contributed by atoms with van der Waals surface area (Å²) < 4.78 is 56.7. The lowest BCUT2D eigenvalue weighted by Gasteiger charge is -2.30. The SMILES string of the molecule is COC(=O)N[C@H](C(=O)N1CCC[C@H]1C(=O)Nc1ccc2c(c1)C(F)(F)c1cc(-c3ccc(-c4cnc([C@@H]5C[C@H](F)CN5C(=O)[C@@H](NC(=O)OC)C(C)C)[nH]4)cc3)ccc1-2)C(C)C. The number of nitrogens with one attached hydrogen (secondary N) is 4. The summed E-state index contributed by atoms with van der Waals surface area (Å²) in [4.78, 5) is 74.9. The van der Waals surface area contributed by atoms with Crippen molar-refractivity contribution in [3.8, 4) is 33.5 Å². The van der Waals surface area contributed by atoms with Gasteiger partial charge in [-0.1, -0.05) is 70.2 Å². The number of carbonyl (C=O) groups excluding carboxylic acids is 5. The van der Waals surface area contributed by atoms with Crippen molar-refractivity contribution in [2.45, 2.75) is 83.2 Å². The molecule has 4 N–H and O–H groups in total. The average Bonchev–Trinajstić information content (AvgIpc) is 4.07. The number of hydrogen-bond donors (Lipinski definition) is 4. The van der Waals surface area contributed by atoms with Gasteiger partial charge in [-0.05, 0) is 70.7 Å². The van der Waals surface area contributed by atoms with Crippen LogP contribution in [0.25, 0.3) is 33.5 Å². The van der Waals surface area contributed by atoms with E-state index < -0.39 is 66.2 Å². The van der Waals surface area contributed by atoms with E-state index >= 15 is 8.78 Å². The van der Waals surface area contributed by atoms with Crippen LogP contribution >= 0.6 is 0 Å². The number of methoxy groups -OCH3 is 2. The normalized spacial score (nSPS) is 19.8. The minimum atomic E-state index is -3.38. The van der Waals surface area contributed by atoms with Crippen LogP contribution in [0.2, 0.25) is 0 Å². The molecule has 0 saturated carbocycles. The Morgan fingerprint density at radius 3 is 1.97 bits per heavy atom. The number of rotatable bonds is 11. The summed E-state index contributed by atoms with van der Waals surface area (Å²) in [6, 6.07) is 13.1. The highest BCUT2D eigenvalue weighted by molar-refractivity contribution is 5.99. The number of ether oxygens (including phenoxy) is 2. The van der Waals surface area contributed by atoms with Gasteiger partial charge in [-0.25, -0.2) is 19.0 Å². The van der Waals surface area contributed by atoms with Crippen LogP contribution in [0.15, 0.2) is 66.9 Å². The van der Waals surface area contributed by atoms with Crippen molar-refractivity contribution >= 4 is 35.6 Å². The summed E-state index contributed by atoms with van der Waals surface area (Å²) in [5.41, 5.74) is 3.02. The smallest absolute Gasteiger partial charge is 0.407 e. The number of likely N-dealkylation sites (tertiary alicyclic amines) is 2. The zero-order valence-electron chi connectivity index (χ0n) is 35.3. The first-order valence-electron chi connectivity index (χ1n) is 20.6. The Labute approximate surface area is 356 Å². The third-order valence-corrected chi connectivity index (χ3v) is 11.9. The standard InChI is InChI=1S/C45H50F3N7O7/c1-23(2)37(52-43(59)61-5)41(57)54-17-7-8-35(54)40(56)50-29-14-16-31-30-15-13-27(18-32(30)45(47,48)33(31)20-29)25-9-11-26(12-10-25)34-21-49-39(51-34)36-19-28(46)22-55(36)42(58)38(24(3)4)53-44(60)62-6/h9-16,18,20-21,23-24,28,35-38H,7-8,17,19,22H2,1-6H3,(H,49,51)(H,50,56)(H,52,59)(H,53,60)/t28-,35-,36-,37-,38-/m0/s1. The van der Waals surface area contributed by atoms with Gasteiger partial charge in [-0.3, -0.25) is 14.4 Å². The maximum atomic E-state index is 16.3. The topological polar surface area (TPSA) is 175 Å². The highest BCUT2D eigenvalue weighted by Gasteiger charge is 2.46. The quantitative estimate of drug-likeness (QED) is 0.123. The van der Waals surface area contributed by atoms with Gasteiger partial charge in [0.05, 0.1) is 38.7 Å². The molecule has 0 bridgehead atoms. The van der Waals surface area contributed by atoms with Gasteiger partial charge in [0.25, 0.3) is 5.92 Å². The summed E-state index contributed by atoms with van der Waals surface area (Å²) in [5.74, 6) is -4.94. The number of amides is 5. The lowest BCUT2D eigenvalue weighted by Crippen LogP contribution is -2.54. The Morgan fingerprint density at radius 2 is 1.35 bits per heavy atom. The van der Waals surface area contributed by atoms with Crippen LogP contribution in [0.1, 0.15) is 70.0 Å². The van der Waals surface area contributed by atoms with E-state index in [0.717, 1.165) is 5.56 Å². The van der Waals surface area contributed by atoms with Crippen LogP contribution in [0.5, 0.6) is 0 Å². The zero-order valence-corrected chi connectivity index (χ0v) is 35.3. The first-order valence-corrected chi connectivity index (χ1v) is 20.6. The molecule has 5 atom stereocenters. The summed E-state index contributed by atoms with van der Waals surface area (Å²) in [7, 11) is 2.40. The minimum Gasteiger partial charge on any atom is -0.453 e. The Balaban J connectivity index is 1.04. The van der Waals surface area contributed by atoms with E-state index in [1.807, 2.05) is 12.1 Å². The fourth-order valence-electron chi connectivity index (χ4n) is 8.55. The lowest BCUT2D eigenvalue weighted by atomic mass is 9.97. The maximum absolute atomic E-state index is 16.3. The van der Waals surface area contributed by atoms with Gasteiger partial charge in [0.2, 0.25) is 17.7 Å². The molecule has 0 radical (unpaired) electrons.